The van der Waals surface area contributed by atoms with Gasteiger partial charge in [-0.1, -0.05) is 32.4 Å². The Morgan fingerprint density at radius 3 is 2.10 bits per heavy atom. The summed E-state index contributed by atoms with van der Waals surface area (Å²) < 4.78 is 12.1. The fraction of sp³-hybridized carbons (Fsp3) is 0.636. The van der Waals surface area contributed by atoms with Crippen LogP contribution in [0.3, 0.4) is 0 Å². The predicted octanol–water partition coefficient (Wildman–Crippen LogP) is 5.92. The molecule has 0 radical (unpaired) electrons. The van der Waals surface area contributed by atoms with Crippen molar-refractivity contribution in [1.29, 1.82) is 0 Å². The normalized spacial score (nSPS) is 20.7. The van der Waals surface area contributed by atoms with E-state index in [2.05, 4.69) is 33.9 Å². The van der Waals surface area contributed by atoms with Gasteiger partial charge in [0.2, 0.25) is 0 Å². The monoisotopic (exact) mass is 439 g/mol. The molecule has 0 aliphatic carbocycles. The summed E-state index contributed by atoms with van der Waals surface area (Å²) in [6.45, 7) is 16.7. The zero-order valence-corrected chi connectivity index (χ0v) is 20.6. The van der Waals surface area contributed by atoms with Gasteiger partial charge in [0.05, 0.1) is 6.10 Å². The Kier molecular flexibility index (Phi) is 6.92. The molecule has 0 saturated carbocycles. The number of hydrogen-bond donors (Lipinski definition) is 0. The number of ketones is 1. The lowest BCUT2D eigenvalue weighted by Crippen LogP contribution is -2.45. The molecular weight excluding hydrogens is 406 g/mol. The van der Waals surface area contributed by atoms with E-state index in [9.17, 15) is 9.59 Å². The third kappa shape index (κ3) is 6.06. The molecule has 29 heavy (non-hydrogen) atoms. The van der Waals surface area contributed by atoms with Crippen molar-refractivity contribution in [2.75, 3.05) is 6.54 Å². The van der Waals surface area contributed by atoms with Crippen molar-refractivity contribution in [2.45, 2.75) is 83.8 Å². The topological polar surface area (TPSA) is 55.8 Å². The summed E-state index contributed by atoms with van der Waals surface area (Å²) in [6, 6.07) is 6.15. The number of amides is 1. The molecule has 5 nitrogen and oxygen atoms in total. The standard InChI is InChI=1S/C22H34ClNO4Si/c1-21(2,3)27-20(26)24-14-17(28-29(7,8)22(4,5)6)13-18(24)19(25)15-9-11-16(23)12-10-15/h9-12,17-18H,13-14H2,1-8H3/t17-,18+/m0/s1. The third-order valence-electron chi connectivity index (χ3n) is 5.59. The lowest BCUT2D eigenvalue weighted by molar-refractivity contribution is 0.0207. The largest absolute Gasteiger partial charge is 0.444 e. The zero-order valence-electron chi connectivity index (χ0n) is 18.8. The van der Waals surface area contributed by atoms with E-state index in [4.69, 9.17) is 20.8 Å². The number of Topliss-reactive ketones (excluding diaryl/α,β-unsaturated/α-hetero) is 1. The van der Waals surface area contributed by atoms with Crippen LogP contribution in [0, 0.1) is 0 Å². The number of hydrogen-bond acceptors (Lipinski definition) is 4. The van der Waals surface area contributed by atoms with Gasteiger partial charge < -0.3 is 9.16 Å². The van der Waals surface area contributed by atoms with Crippen LogP contribution < -0.4 is 0 Å². The first-order chi connectivity index (χ1) is 13.1. The number of halogens is 1. The maximum atomic E-state index is 13.2. The molecule has 0 unspecified atom stereocenters. The number of likely N-dealkylation sites (tertiary alicyclic amines) is 1. The van der Waals surface area contributed by atoms with Crippen LogP contribution in [0.4, 0.5) is 4.79 Å². The Hall–Kier alpha value is -1.37. The first kappa shape index (κ1) is 23.9. The number of carbonyl (C=O) groups excluding carboxylic acids is 2. The highest BCUT2D eigenvalue weighted by molar-refractivity contribution is 6.74. The second-order valence-electron chi connectivity index (χ2n) is 10.3. The lowest BCUT2D eigenvalue weighted by atomic mass is 10.0. The second kappa shape index (κ2) is 8.40. The Morgan fingerprint density at radius 2 is 1.62 bits per heavy atom. The van der Waals surface area contributed by atoms with Gasteiger partial charge in [-0.3, -0.25) is 9.69 Å². The van der Waals surface area contributed by atoms with E-state index in [1.807, 2.05) is 20.8 Å². The maximum Gasteiger partial charge on any atom is 0.411 e. The Bertz CT molecular complexity index is 750. The van der Waals surface area contributed by atoms with Crippen molar-refractivity contribution in [3.8, 4) is 0 Å². The van der Waals surface area contributed by atoms with Crippen molar-refractivity contribution in [2.24, 2.45) is 0 Å². The van der Waals surface area contributed by atoms with Gasteiger partial charge in [-0.25, -0.2) is 4.79 Å². The molecule has 2 atom stereocenters. The second-order valence-corrected chi connectivity index (χ2v) is 15.4. The molecular formula is C22H34ClNO4Si. The Labute approximate surface area is 180 Å². The molecule has 1 saturated heterocycles. The summed E-state index contributed by atoms with van der Waals surface area (Å²) in [7, 11) is -2.04. The molecule has 0 spiro atoms. The Morgan fingerprint density at radius 1 is 1.07 bits per heavy atom. The summed E-state index contributed by atoms with van der Waals surface area (Å²) in [5.41, 5.74) is -0.107. The first-order valence-corrected chi connectivity index (χ1v) is 13.4. The number of rotatable bonds is 4. The van der Waals surface area contributed by atoms with Gasteiger partial charge in [-0.15, -0.1) is 0 Å². The van der Waals surface area contributed by atoms with Crippen molar-refractivity contribution in [1.82, 2.24) is 4.90 Å². The van der Waals surface area contributed by atoms with Gasteiger partial charge in [0.1, 0.15) is 11.6 Å². The summed E-state index contributed by atoms with van der Waals surface area (Å²) in [5, 5.41) is 0.610. The molecule has 162 valence electrons. The highest BCUT2D eigenvalue weighted by atomic mass is 35.5. The first-order valence-electron chi connectivity index (χ1n) is 10.1. The minimum absolute atomic E-state index is 0.0437. The van der Waals surface area contributed by atoms with E-state index >= 15 is 0 Å². The fourth-order valence-electron chi connectivity index (χ4n) is 3.05. The van der Waals surface area contributed by atoms with Crippen LogP contribution in [0.2, 0.25) is 23.2 Å². The van der Waals surface area contributed by atoms with Crippen molar-refractivity contribution in [3.63, 3.8) is 0 Å². The van der Waals surface area contributed by atoms with Gasteiger partial charge in [0.15, 0.2) is 14.1 Å². The van der Waals surface area contributed by atoms with Crippen LogP contribution >= 0.6 is 11.6 Å². The SMILES string of the molecule is CC(C)(C)OC(=O)N1C[C@@H](O[Si](C)(C)C(C)(C)C)C[C@@H]1C(=O)c1ccc(Cl)cc1. The molecule has 1 amide bonds. The van der Waals surface area contributed by atoms with Crippen LogP contribution in [-0.4, -0.2) is 49.4 Å². The molecule has 1 heterocycles. The number of carbonyl (C=O) groups is 2. The highest BCUT2D eigenvalue weighted by Gasteiger charge is 2.46. The van der Waals surface area contributed by atoms with Crippen LogP contribution in [0.15, 0.2) is 24.3 Å². The molecule has 1 aliphatic heterocycles. The van der Waals surface area contributed by atoms with Crippen molar-refractivity contribution < 1.29 is 18.8 Å². The summed E-state index contributed by atoms with van der Waals surface area (Å²) in [5.74, 6) is -0.117. The van der Waals surface area contributed by atoms with Gasteiger partial charge in [0, 0.05) is 23.6 Å². The molecule has 0 aromatic heterocycles. The van der Waals surface area contributed by atoms with Crippen molar-refractivity contribution >= 4 is 31.8 Å². The van der Waals surface area contributed by atoms with E-state index in [1.54, 1.807) is 24.3 Å². The molecule has 0 N–H and O–H groups in total. The zero-order chi connectivity index (χ0) is 22.2. The highest BCUT2D eigenvalue weighted by Crippen LogP contribution is 2.39. The van der Waals surface area contributed by atoms with Crippen LogP contribution in [0.5, 0.6) is 0 Å². The van der Waals surface area contributed by atoms with Gasteiger partial charge in [-0.2, -0.15) is 0 Å². The predicted molar refractivity (Wildman–Crippen MR) is 119 cm³/mol. The van der Waals surface area contributed by atoms with Gasteiger partial charge in [0.25, 0.3) is 0 Å². The molecule has 2 rings (SSSR count). The fourth-order valence-corrected chi connectivity index (χ4v) is 4.54. The molecule has 1 aromatic rings. The lowest BCUT2D eigenvalue weighted by Gasteiger charge is -2.38. The van der Waals surface area contributed by atoms with Crippen LogP contribution in [0.1, 0.15) is 58.3 Å². The Balaban J connectivity index is 2.28. The summed E-state index contributed by atoms with van der Waals surface area (Å²) in [4.78, 5) is 27.6. The van der Waals surface area contributed by atoms with Crippen molar-refractivity contribution in [3.05, 3.63) is 34.9 Å². The average Bonchev–Trinajstić information content (AvgIpc) is 2.95. The van der Waals surface area contributed by atoms with E-state index in [0.29, 0.717) is 23.6 Å². The maximum absolute atomic E-state index is 13.2. The van der Waals surface area contributed by atoms with Gasteiger partial charge in [-0.05, 0) is 63.2 Å². The van der Waals surface area contributed by atoms with E-state index in [0.717, 1.165) is 0 Å². The average molecular weight is 440 g/mol. The molecule has 1 aromatic carbocycles. The summed E-state index contributed by atoms with van der Waals surface area (Å²) >= 11 is 5.96. The minimum atomic E-state index is -2.04. The molecule has 1 fully saturated rings. The van der Waals surface area contributed by atoms with Gasteiger partial charge >= 0.3 is 6.09 Å². The number of benzene rings is 1. The molecule has 7 heteroatoms. The van der Waals surface area contributed by atoms with E-state index < -0.39 is 26.1 Å². The molecule has 0 bridgehead atoms. The minimum Gasteiger partial charge on any atom is -0.444 e. The smallest absolute Gasteiger partial charge is 0.411 e. The third-order valence-corrected chi connectivity index (χ3v) is 10.4. The van der Waals surface area contributed by atoms with Crippen LogP contribution in [-0.2, 0) is 9.16 Å². The van der Waals surface area contributed by atoms with E-state index in [1.165, 1.54) is 4.90 Å². The number of nitrogens with zero attached hydrogens (tertiary/aromatic N) is 1. The quantitative estimate of drug-likeness (QED) is 0.431. The van der Waals surface area contributed by atoms with Crippen LogP contribution in [0.25, 0.3) is 0 Å². The van der Waals surface area contributed by atoms with E-state index in [-0.39, 0.29) is 16.9 Å². The number of ether oxygens (including phenoxy) is 1. The summed E-state index contributed by atoms with van der Waals surface area (Å²) in [6.07, 6.45) is -0.205. The molecule has 1 aliphatic rings.